The predicted octanol–water partition coefficient (Wildman–Crippen LogP) is 6.39. The summed E-state index contributed by atoms with van der Waals surface area (Å²) >= 11 is 4.18. The van der Waals surface area contributed by atoms with Crippen LogP contribution in [0.4, 0.5) is 4.79 Å². The molecular formula is C35H41N7O3S2. The van der Waals surface area contributed by atoms with Crippen molar-refractivity contribution in [3.05, 3.63) is 72.6 Å². The van der Waals surface area contributed by atoms with Gasteiger partial charge in [-0.05, 0) is 47.4 Å². The van der Waals surface area contributed by atoms with Gasteiger partial charge in [0.2, 0.25) is 5.91 Å². The summed E-state index contributed by atoms with van der Waals surface area (Å²) in [7, 11) is 1.30. The van der Waals surface area contributed by atoms with Gasteiger partial charge in [-0.3, -0.25) is 4.79 Å². The van der Waals surface area contributed by atoms with Gasteiger partial charge in [0.25, 0.3) is 0 Å². The van der Waals surface area contributed by atoms with E-state index in [0.717, 1.165) is 71.1 Å². The van der Waals surface area contributed by atoms with Crippen LogP contribution in [-0.4, -0.2) is 78.7 Å². The van der Waals surface area contributed by atoms with Gasteiger partial charge in [0.15, 0.2) is 0 Å². The second kappa shape index (κ2) is 13.4. The van der Waals surface area contributed by atoms with Crippen molar-refractivity contribution in [2.45, 2.75) is 55.3 Å². The molecule has 47 heavy (non-hydrogen) atoms. The Bertz CT molecular complexity index is 1710. The third-order valence-electron chi connectivity index (χ3n) is 9.44. The molecule has 3 fully saturated rings. The number of hydrogen-bond acceptors (Lipinski definition) is 8. The van der Waals surface area contributed by atoms with E-state index in [9.17, 15) is 9.59 Å². The van der Waals surface area contributed by atoms with Gasteiger partial charge in [0.1, 0.15) is 17.7 Å². The van der Waals surface area contributed by atoms with Gasteiger partial charge in [-0.1, -0.05) is 62.4 Å². The number of imidazole rings is 2. The topological polar surface area (TPSA) is 128 Å². The summed E-state index contributed by atoms with van der Waals surface area (Å²) < 4.78 is 5.07. The Morgan fingerprint density at radius 1 is 0.915 bits per heavy atom. The van der Waals surface area contributed by atoms with E-state index >= 15 is 0 Å². The number of ether oxygens (including phenoxy) is 1. The highest BCUT2D eigenvalue weighted by Crippen LogP contribution is 2.51. The fourth-order valence-electron chi connectivity index (χ4n) is 6.83. The van der Waals surface area contributed by atoms with E-state index in [0.29, 0.717) is 10.6 Å². The molecule has 3 aliphatic heterocycles. The van der Waals surface area contributed by atoms with Gasteiger partial charge in [-0.2, -0.15) is 0 Å². The molecule has 246 valence electrons. The maximum Gasteiger partial charge on any atom is 0.407 e. The normalized spacial score (nSPS) is 21.1. The number of thioether (sulfide) groups is 2. The zero-order valence-corrected chi connectivity index (χ0v) is 28.5. The summed E-state index contributed by atoms with van der Waals surface area (Å²) in [6, 6.07) is 16.5. The molecule has 4 N–H and O–H groups in total. The number of benzene rings is 2. The minimum atomic E-state index is -0.659. The maximum absolute atomic E-state index is 13.5. The molecule has 7 rings (SSSR count). The average molecular weight is 672 g/mol. The summed E-state index contributed by atoms with van der Waals surface area (Å²) in [6.45, 7) is 5.49. The molecule has 0 bridgehead atoms. The summed E-state index contributed by atoms with van der Waals surface area (Å²) in [5, 5.41) is 6.38. The Hall–Kier alpha value is -3.74. The monoisotopic (exact) mass is 671 g/mol. The van der Waals surface area contributed by atoms with Gasteiger partial charge < -0.3 is 30.2 Å². The van der Waals surface area contributed by atoms with E-state index in [1.54, 1.807) is 0 Å². The van der Waals surface area contributed by atoms with Crippen molar-refractivity contribution >= 4 is 35.5 Å². The Labute approximate surface area is 283 Å². The quantitative estimate of drug-likeness (QED) is 0.170. The molecular weight excluding hydrogens is 631 g/mol. The van der Waals surface area contributed by atoms with Crippen LogP contribution < -0.4 is 10.6 Å². The summed E-state index contributed by atoms with van der Waals surface area (Å²) in [6.07, 6.45) is 5.97. The number of hydrogen-bond donors (Lipinski definition) is 4. The highest BCUT2D eigenvalue weighted by Gasteiger charge is 2.44. The smallest absolute Gasteiger partial charge is 0.407 e. The lowest BCUT2D eigenvalue weighted by Crippen LogP contribution is -2.51. The first-order valence-electron chi connectivity index (χ1n) is 16.3. The summed E-state index contributed by atoms with van der Waals surface area (Å²) in [5.41, 5.74) is 6.34. The third-order valence-corrected chi connectivity index (χ3v) is 12.9. The maximum atomic E-state index is 13.5. The largest absolute Gasteiger partial charge is 0.453 e. The Morgan fingerprint density at radius 2 is 1.49 bits per heavy atom. The van der Waals surface area contributed by atoms with Crippen molar-refractivity contribution in [1.82, 2.24) is 35.5 Å². The van der Waals surface area contributed by atoms with E-state index in [4.69, 9.17) is 9.72 Å². The zero-order chi connectivity index (χ0) is 32.5. The number of carbonyl (C=O) groups excluding carboxylic acids is 2. The van der Waals surface area contributed by atoms with Gasteiger partial charge in [-0.15, -0.1) is 23.5 Å². The van der Waals surface area contributed by atoms with Crippen LogP contribution in [0.15, 0.2) is 60.9 Å². The lowest BCUT2D eigenvalue weighted by atomic mass is 10.0. The van der Waals surface area contributed by atoms with Crippen LogP contribution in [0.2, 0.25) is 0 Å². The number of alkyl carbamates (subject to hydrolysis) is 1. The fraction of sp³-hybridized carbons (Fsp3) is 0.429. The molecule has 3 saturated heterocycles. The van der Waals surface area contributed by atoms with Crippen LogP contribution in [0.5, 0.6) is 0 Å². The minimum absolute atomic E-state index is 0.0786. The van der Waals surface area contributed by atoms with Crippen LogP contribution >= 0.6 is 23.5 Å². The number of amides is 2. The highest BCUT2D eigenvalue weighted by molar-refractivity contribution is 8.21. The van der Waals surface area contributed by atoms with Crippen LogP contribution in [0, 0.1) is 5.92 Å². The highest BCUT2D eigenvalue weighted by atomic mass is 32.2. The molecule has 3 atom stereocenters. The Kier molecular flexibility index (Phi) is 9.08. The standard InChI is InChI=1S/C35H41N7O3S2/c1-21(2)30(41-34(44)45-3)33(43)42-14-4-5-29(42)32-37-19-28(40-32)25-12-8-23(9-13-25)22-6-10-24(11-7-22)27-18-36-31(39-27)26-17-35(20-38-26)46-15-16-47-35/h6-13,18-19,21,26,29-30,38H,4-5,14-17,20H2,1-3H3,(H,36,39)(H,37,40)(H,41,44). The number of H-pyrrole nitrogens is 2. The van der Waals surface area contributed by atoms with Crippen molar-refractivity contribution in [2.75, 3.05) is 31.7 Å². The molecule has 0 radical (unpaired) electrons. The fourth-order valence-corrected chi connectivity index (χ4v) is 10.0. The van der Waals surface area contributed by atoms with Crippen LogP contribution in [0.1, 0.15) is 56.8 Å². The molecule has 4 aromatic rings. The van der Waals surface area contributed by atoms with E-state index in [2.05, 4.69) is 97.6 Å². The molecule has 3 aliphatic rings. The molecule has 2 aromatic carbocycles. The number of likely N-dealkylation sites (tertiary alicyclic amines) is 1. The molecule has 0 saturated carbocycles. The van der Waals surface area contributed by atoms with Crippen molar-refractivity contribution in [1.29, 1.82) is 0 Å². The molecule has 3 unspecified atom stereocenters. The molecule has 5 heterocycles. The summed E-state index contributed by atoms with van der Waals surface area (Å²) in [5.74, 6) is 4.06. The Morgan fingerprint density at radius 3 is 2.09 bits per heavy atom. The van der Waals surface area contributed by atoms with Crippen molar-refractivity contribution in [3.63, 3.8) is 0 Å². The number of aromatic amines is 2. The van der Waals surface area contributed by atoms with E-state index < -0.39 is 12.1 Å². The second-order valence-corrected chi connectivity index (χ2v) is 16.0. The third kappa shape index (κ3) is 6.55. The Balaban J connectivity index is 1.00. The van der Waals surface area contributed by atoms with E-state index in [1.165, 1.54) is 18.6 Å². The lowest BCUT2D eigenvalue weighted by Gasteiger charge is -2.30. The zero-order valence-electron chi connectivity index (χ0n) is 26.9. The molecule has 1 spiro atoms. The molecule has 0 aliphatic carbocycles. The first-order chi connectivity index (χ1) is 22.8. The molecule has 10 nitrogen and oxygen atoms in total. The number of rotatable bonds is 8. The number of methoxy groups -OCH3 is 1. The number of aromatic nitrogens is 4. The predicted molar refractivity (Wildman–Crippen MR) is 188 cm³/mol. The van der Waals surface area contributed by atoms with Gasteiger partial charge in [0.05, 0.1) is 47.1 Å². The van der Waals surface area contributed by atoms with Crippen LogP contribution in [0.3, 0.4) is 0 Å². The SMILES string of the molecule is COC(=O)NC(C(=O)N1CCCC1c1ncc(-c2ccc(-c3ccc(-c4cnc(C5CC6(CN5)SCCS6)[nH]4)cc3)cc2)[nH]1)C(C)C. The van der Waals surface area contributed by atoms with Gasteiger partial charge in [-0.25, -0.2) is 14.8 Å². The van der Waals surface area contributed by atoms with Crippen molar-refractivity contribution < 1.29 is 14.3 Å². The van der Waals surface area contributed by atoms with Crippen molar-refractivity contribution in [2.24, 2.45) is 5.92 Å². The van der Waals surface area contributed by atoms with E-state index in [-0.39, 0.29) is 23.9 Å². The average Bonchev–Trinajstić information content (AvgIpc) is 3.94. The first-order valence-corrected chi connectivity index (χ1v) is 18.3. The lowest BCUT2D eigenvalue weighted by molar-refractivity contribution is -0.135. The summed E-state index contributed by atoms with van der Waals surface area (Å²) in [4.78, 5) is 43.6. The molecule has 2 amide bonds. The number of nitrogens with one attached hydrogen (secondary N) is 4. The first kappa shape index (κ1) is 31.8. The molecule has 12 heteroatoms. The van der Waals surface area contributed by atoms with Crippen LogP contribution in [-0.2, 0) is 9.53 Å². The van der Waals surface area contributed by atoms with Crippen molar-refractivity contribution in [3.8, 4) is 33.6 Å². The minimum Gasteiger partial charge on any atom is -0.453 e. The van der Waals surface area contributed by atoms with E-state index in [1.807, 2.05) is 31.1 Å². The van der Waals surface area contributed by atoms with Crippen LogP contribution in [0.25, 0.3) is 33.6 Å². The van der Waals surface area contributed by atoms with Gasteiger partial charge in [0, 0.05) is 24.6 Å². The second-order valence-electron chi connectivity index (χ2n) is 12.8. The number of carbonyl (C=O) groups is 2. The van der Waals surface area contributed by atoms with Gasteiger partial charge >= 0.3 is 6.09 Å². The molecule has 2 aromatic heterocycles. The number of nitrogens with zero attached hydrogens (tertiary/aromatic N) is 3.